The third-order valence-electron chi connectivity index (χ3n) is 4.88. The molecule has 2 fully saturated rings. The Morgan fingerprint density at radius 1 is 1.39 bits per heavy atom. The van der Waals surface area contributed by atoms with Crippen LogP contribution in [0.4, 0.5) is 0 Å². The van der Waals surface area contributed by atoms with Crippen molar-refractivity contribution < 1.29 is 9.59 Å². The summed E-state index contributed by atoms with van der Waals surface area (Å²) >= 11 is 0. The highest BCUT2D eigenvalue weighted by Crippen LogP contribution is 2.41. The van der Waals surface area contributed by atoms with Crippen LogP contribution in [0, 0.1) is 5.92 Å². The van der Waals surface area contributed by atoms with Crippen LogP contribution < -0.4 is 5.32 Å². The first-order chi connectivity index (χ1) is 8.54. The molecule has 1 heterocycles. The number of hydrogen-bond acceptors (Lipinski definition) is 2. The zero-order valence-electron chi connectivity index (χ0n) is 11.7. The van der Waals surface area contributed by atoms with E-state index in [2.05, 4.69) is 19.2 Å². The van der Waals surface area contributed by atoms with E-state index in [-0.39, 0.29) is 35.9 Å². The highest BCUT2D eigenvalue weighted by Gasteiger charge is 2.48. The highest BCUT2D eigenvalue weighted by molar-refractivity contribution is 5.95. The average Bonchev–Trinajstić information content (AvgIpc) is 2.31. The van der Waals surface area contributed by atoms with Crippen molar-refractivity contribution in [3.8, 4) is 0 Å². The van der Waals surface area contributed by atoms with Crippen LogP contribution in [0.2, 0.25) is 0 Å². The molecule has 1 aliphatic carbocycles. The van der Waals surface area contributed by atoms with Crippen molar-refractivity contribution in [2.75, 3.05) is 6.54 Å². The lowest BCUT2D eigenvalue weighted by Gasteiger charge is -2.52. The molecule has 0 aromatic heterocycles. The van der Waals surface area contributed by atoms with Gasteiger partial charge in [0.25, 0.3) is 0 Å². The standard InChI is InChI=1S/C14H24N2O2/c1-4-10(3)12-13(18)16(9-11(17)15-12)14(5-2)7-6-8-14/h10,12H,4-9H2,1-3H3,(H,15,17). The van der Waals surface area contributed by atoms with E-state index in [1.807, 2.05) is 11.8 Å². The molecule has 4 heteroatoms. The minimum absolute atomic E-state index is 0.000347. The van der Waals surface area contributed by atoms with Gasteiger partial charge in [0.2, 0.25) is 11.8 Å². The maximum Gasteiger partial charge on any atom is 0.246 e. The molecule has 1 N–H and O–H groups in total. The van der Waals surface area contributed by atoms with Crippen molar-refractivity contribution in [1.29, 1.82) is 0 Å². The van der Waals surface area contributed by atoms with Gasteiger partial charge in [-0.05, 0) is 31.6 Å². The first kappa shape index (κ1) is 13.4. The van der Waals surface area contributed by atoms with E-state index >= 15 is 0 Å². The smallest absolute Gasteiger partial charge is 0.246 e. The fraction of sp³-hybridized carbons (Fsp3) is 0.857. The number of carbonyl (C=O) groups excluding carboxylic acids is 2. The average molecular weight is 252 g/mol. The van der Waals surface area contributed by atoms with Gasteiger partial charge in [-0.15, -0.1) is 0 Å². The predicted octanol–water partition coefficient (Wildman–Crippen LogP) is 1.69. The molecule has 2 rings (SSSR count). The van der Waals surface area contributed by atoms with Gasteiger partial charge in [0.15, 0.2) is 0 Å². The molecule has 1 saturated carbocycles. The summed E-state index contributed by atoms with van der Waals surface area (Å²) in [5, 5.41) is 2.86. The Hall–Kier alpha value is -1.06. The van der Waals surface area contributed by atoms with Crippen molar-refractivity contribution in [2.45, 2.75) is 64.5 Å². The molecule has 2 atom stereocenters. The quantitative estimate of drug-likeness (QED) is 0.827. The molecule has 1 aliphatic heterocycles. The molecule has 102 valence electrons. The Labute approximate surface area is 109 Å². The Kier molecular flexibility index (Phi) is 3.64. The van der Waals surface area contributed by atoms with Gasteiger partial charge in [0.05, 0.1) is 0 Å². The van der Waals surface area contributed by atoms with E-state index in [0.717, 1.165) is 25.7 Å². The lowest BCUT2D eigenvalue weighted by Crippen LogP contribution is -2.68. The van der Waals surface area contributed by atoms with Gasteiger partial charge in [0.1, 0.15) is 12.6 Å². The van der Waals surface area contributed by atoms with Gasteiger partial charge in [0, 0.05) is 5.54 Å². The molecule has 2 aliphatic rings. The molecule has 0 aromatic carbocycles. The molecule has 2 unspecified atom stereocenters. The summed E-state index contributed by atoms with van der Waals surface area (Å²) in [7, 11) is 0. The number of piperazine rings is 1. The van der Waals surface area contributed by atoms with E-state index in [0.29, 0.717) is 0 Å². The summed E-state index contributed by atoms with van der Waals surface area (Å²) in [4.78, 5) is 26.3. The van der Waals surface area contributed by atoms with Crippen molar-refractivity contribution >= 4 is 11.8 Å². The van der Waals surface area contributed by atoms with Crippen molar-refractivity contribution in [2.24, 2.45) is 5.92 Å². The Balaban J connectivity index is 2.20. The summed E-state index contributed by atoms with van der Waals surface area (Å²) in [5.74, 6) is 0.336. The lowest BCUT2D eigenvalue weighted by molar-refractivity contribution is -0.156. The lowest BCUT2D eigenvalue weighted by atomic mass is 9.72. The minimum atomic E-state index is -0.319. The van der Waals surface area contributed by atoms with E-state index in [4.69, 9.17) is 0 Å². The van der Waals surface area contributed by atoms with E-state index in [1.165, 1.54) is 6.42 Å². The van der Waals surface area contributed by atoms with Crippen LogP contribution in [-0.4, -0.2) is 34.8 Å². The second-order valence-corrected chi connectivity index (χ2v) is 5.79. The number of nitrogens with one attached hydrogen (secondary N) is 1. The number of rotatable bonds is 4. The topological polar surface area (TPSA) is 49.4 Å². The second kappa shape index (κ2) is 4.90. The second-order valence-electron chi connectivity index (χ2n) is 5.79. The number of amides is 2. The van der Waals surface area contributed by atoms with E-state index in [9.17, 15) is 9.59 Å². The van der Waals surface area contributed by atoms with Crippen molar-refractivity contribution in [3.05, 3.63) is 0 Å². The fourth-order valence-corrected chi connectivity index (χ4v) is 3.09. The molecule has 4 nitrogen and oxygen atoms in total. The molecule has 0 radical (unpaired) electrons. The third kappa shape index (κ3) is 2.02. The van der Waals surface area contributed by atoms with E-state index in [1.54, 1.807) is 0 Å². The Morgan fingerprint density at radius 2 is 2.06 bits per heavy atom. The number of nitrogens with zero attached hydrogens (tertiary/aromatic N) is 1. The summed E-state index contributed by atoms with van der Waals surface area (Å²) in [6.45, 7) is 6.46. The first-order valence-corrected chi connectivity index (χ1v) is 7.15. The van der Waals surface area contributed by atoms with Gasteiger partial charge < -0.3 is 10.2 Å². The number of carbonyl (C=O) groups is 2. The van der Waals surface area contributed by atoms with Crippen LogP contribution in [0.3, 0.4) is 0 Å². The molecule has 0 bridgehead atoms. The van der Waals surface area contributed by atoms with Crippen molar-refractivity contribution in [1.82, 2.24) is 10.2 Å². The molecule has 0 aromatic rings. The predicted molar refractivity (Wildman–Crippen MR) is 70.0 cm³/mol. The first-order valence-electron chi connectivity index (χ1n) is 7.15. The van der Waals surface area contributed by atoms with Gasteiger partial charge >= 0.3 is 0 Å². The molecule has 2 amide bonds. The van der Waals surface area contributed by atoms with Gasteiger partial charge in [-0.2, -0.15) is 0 Å². The monoisotopic (exact) mass is 252 g/mol. The Bertz CT molecular complexity index is 344. The molecular weight excluding hydrogens is 228 g/mol. The molecule has 18 heavy (non-hydrogen) atoms. The van der Waals surface area contributed by atoms with Crippen LogP contribution in [0.15, 0.2) is 0 Å². The van der Waals surface area contributed by atoms with Crippen LogP contribution >= 0.6 is 0 Å². The number of hydrogen-bond donors (Lipinski definition) is 1. The molecule has 1 saturated heterocycles. The van der Waals surface area contributed by atoms with Crippen molar-refractivity contribution in [3.63, 3.8) is 0 Å². The summed E-state index contributed by atoms with van der Waals surface area (Å²) in [5.41, 5.74) is -0.0272. The third-order valence-corrected chi connectivity index (χ3v) is 4.88. The normalized spacial score (nSPS) is 28.6. The van der Waals surface area contributed by atoms with Gasteiger partial charge in [-0.3, -0.25) is 9.59 Å². The minimum Gasteiger partial charge on any atom is -0.342 e. The highest BCUT2D eigenvalue weighted by atomic mass is 16.2. The van der Waals surface area contributed by atoms with Crippen LogP contribution in [0.1, 0.15) is 52.9 Å². The maximum absolute atomic E-state index is 12.6. The van der Waals surface area contributed by atoms with Crippen LogP contribution in [0.25, 0.3) is 0 Å². The zero-order chi connectivity index (χ0) is 13.3. The fourth-order valence-electron chi connectivity index (χ4n) is 3.09. The zero-order valence-corrected chi connectivity index (χ0v) is 11.7. The maximum atomic E-state index is 12.6. The Morgan fingerprint density at radius 3 is 2.50 bits per heavy atom. The summed E-state index contributed by atoms with van der Waals surface area (Å²) in [6, 6.07) is -0.319. The summed E-state index contributed by atoms with van der Waals surface area (Å²) in [6.07, 6.45) is 5.14. The molecule has 0 spiro atoms. The van der Waals surface area contributed by atoms with E-state index < -0.39 is 0 Å². The van der Waals surface area contributed by atoms with Gasteiger partial charge in [-0.1, -0.05) is 27.2 Å². The van der Waals surface area contributed by atoms with Crippen LogP contribution in [-0.2, 0) is 9.59 Å². The SMILES string of the molecule is CCC(C)C1NC(=O)CN(C2(CC)CCC2)C1=O. The largest absolute Gasteiger partial charge is 0.342 e. The summed E-state index contributed by atoms with van der Waals surface area (Å²) < 4.78 is 0. The van der Waals surface area contributed by atoms with Gasteiger partial charge in [-0.25, -0.2) is 0 Å². The molecular formula is C14H24N2O2. The van der Waals surface area contributed by atoms with Crippen LogP contribution in [0.5, 0.6) is 0 Å².